The van der Waals surface area contributed by atoms with Crippen LogP contribution in [0.15, 0.2) is 24.3 Å². The summed E-state index contributed by atoms with van der Waals surface area (Å²) in [6.07, 6.45) is 2.19. The molecule has 1 fully saturated rings. The van der Waals surface area contributed by atoms with Crippen LogP contribution in [0.2, 0.25) is 0 Å². The molecule has 1 aromatic carbocycles. The molecule has 18 heavy (non-hydrogen) atoms. The van der Waals surface area contributed by atoms with E-state index >= 15 is 0 Å². The molecule has 0 aromatic heterocycles. The maximum absolute atomic E-state index is 11.0. The number of nitrogens with two attached hydrogens (primary N) is 1. The SMILES string of the molecule is CN(Cc1ccc(C(N)=O)cc1)C1CCOCC1. The lowest BCUT2D eigenvalue weighted by molar-refractivity contribution is 0.0407. The molecule has 2 N–H and O–H groups in total. The van der Waals surface area contributed by atoms with Gasteiger partial charge in [-0.25, -0.2) is 0 Å². The fourth-order valence-electron chi connectivity index (χ4n) is 2.32. The van der Waals surface area contributed by atoms with E-state index in [1.54, 1.807) is 12.1 Å². The molecule has 0 unspecified atom stereocenters. The number of primary amides is 1. The summed E-state index contributed by atoms with van der Waals surface area (Å²) in [4.78, 5) is 13.3. The molecule has 98 valence electrons. The zero-order chi connectivity index (χ0) is 13.0. The highest BCUT2D eigenvalue weighted by molar-refractivity contribution is 5.92. The summed E-state index contributed by atoms with van der Waals surface area (Å²) in [5, 5.41) is 0. The van der Waals surface area contributed by atoms with E-state index < -0.39 is 0 Å². The molecule has 4 nitrogen and oxygen atoms in total. The van der Waals surface area contributed by atoms with Gasteiger partial charge in [0.05, 0.1) is 0 Å². The van der Waals surface area contributed by atoms with Gasteiger partial charge in [0.2, 0.25) is 5.91 Å². The smallest absolute Gasteiger partial charge is 0.248 e. The van der Waals surface area contributed by atoms with Crippen LogP contribution in [-0.4, -0.2) is 37.1 Å². The van der Waals surface area contributed by atoms with Crippen LogP contribution in [0.5, 0.6) is 0 Å². The van der Waals surface area contributed by atoms with Crippen LogP contribution in [0, 0.1) is 0 Å². The van der Waals surface area contributed by atoms with Crippen molar-refractivity contribution in [3.63, 3.8) is 0 Å². The largest absolute Gasteiger partial charge is 0.381 e. The Morgan fingerprint density at radius 2 is 1.94 bits per heavy atom. The molecule has 1 aliphatic rings. The van der Waals surface area contributed by atoms with Crippen molar-refractivity contribution in [1.29, 1.82) is 0 Å². The third-order valence-electron chi connectivity index (χ3n) is 3.48. The van der Waals surface area contributed by atoms with Crippen LogP contribution in [-0.2, 0) is 11.3 Å². The second-order valence-corrected chi connectivity index (χ2v) is 4.82. The highest BCUT2D eigenvalue weighted by atomic mass is 16.5. The normalized spacial score (nSPS) is 17.0. The highest BCUT2D eigenvalue weighted by Crippen LogP contribution is 2.15. The number of ether oxygens (including phenoxy) is 1. The number of rotatable bonds is 4. The summed E-state index contributed by atoms with van der Waals surface area (Å²) in [5.74, 6) is -0.376. The number of nitrogens with zero attached hydrogens (tertiary/aromatic N) is 1. The molecule has 2 rings (SSSR count). The molecule has 0 radical (unpaired) electrons. The molecule has 0 bridgehead atoms. The van der Waals surface area contributed by atoms with Crippen LogP contribution in [0.25, 0.3) is 0 Å². The molecule has 0 atom stereocenters. The summed E-state index contributed by atoms with van der Waals surface area (Å²) in [5.41, 5.74) is 6.98. The molecule has 1 amide bonds. The first kappa shape index (κ1) is 13.1. The third kappa shape index (κ3) is 3.31. The topological polar surface area (TPSA) is 55.6 Å². The summed E-state index contributed by atoms with van der Waals surface area (Å²) in [6, 6.07) is 8.10. The number of benzene rings is 1. The van der Waals surface area contributed by atoms with E-state index in [2.05, 4.69) is 11.9 Å². The van der Waals surface area contributed by atoms with Crippen LogP contribution >= 0.6 is 0 Å². The lowest BCUT2D eigenvalue weighted by Gasteiger charge is -2.31. The molecule has 1 saturated heterocycles. The van der Waals surface area contributed by atoms with Gasteiger partial charge in [-0.05, 0) is 37.6 Å². The van der Waals surface area contributed by atoms with Gasteiger partial charge in [-0.15, -0.1) is 0 Å². The second kappa shape index (κ2) is 5.98. The molecule has 0 aliphatic carbocycles. The monoisotopic (exact) mass is 248 g/mol. The Morgan fingerprint density at radius 1 is 1.33 bits per heavy atom. The molecular weight excluding hydrogens is 228 g/mol. The Morgan fingerprint density at radius 3 is 2.50 bits per heavy atom. The standard InChI is InChI=1S/C14H20N2O2/c1-16(13-6-8-18-9-7-13)10-11-2-4-12(5-3-11)14(15)17/h2-5,13H,6-10H2,1H3,(H2,15,17). The van der Waals surface area contributed by atoms with E-state index in [4.69, 9.17) is 10.5 Å². The van der Waals surface area contributed by atoms with E-state index in [0.29, 0.717) is 11.6 Å². The van der Waals surface area contributed by atoms with Gasteiger partial charge in [-0.2, -0.15) is 0 Å². The number of amides is 1. The predicted octanol–water partition coefficient (Wildman–Crippen LogP) is 1.40. The van der Waals surface area contributed by atoms with Gasteiger partial charge in [0, 0.05) is 31.4 Å². The average molecular weight is 248 g/mol. The van der Waals surface area contributed by atoms with Gasteiger partial charge in [-0.1, -0.05) is 12.1 Å². The minimum absolute atomic E-state index is 0.376. The quantitative estimate of drug-likeness (QED) is 0.876. The Bertz CT molecular complexity index is 397. The summed E-state index contributed by atoms with van der Waals surface area (Å²) in [7, 11) is 2.14. The van der Waals surface area contributed by atoms with Crippen molar-refractivity contribution in [2.45, 2.75) is 25.4 Å². The molecular formula is C14H20N2O2. The van der Waals surface area contributed by atoms with Crippen molar-refractivity contribution >= 4 is 5.91 Å². The van der Waals surface area contributed by atoms with Crippen LogP contribution < -0.4 is 5.73 Å². The first-order valence-corrected chi connectivity index (χ1v) is 6.33. The lowest BCUT2D eigenvalue weighted by Crippen LogP contribution is -2.36. The Balaban J connectivity index is 1.93. The molecule has 1 aliphatic heterocycles. The molecule has 1 heterocycles. The van der Waals surface area contributed by atoms with E-state index in [1.165, 1.54) is 5.56 Å². The van der Waals surface area contributed by atoms with Crippen molar-refractivity contribution in [3.05, 3.63) is 35.4 Å². The summed E-state index contributed by atoms with van der Waals surface area (Å²) in [6.45, 7) is 2.61. The van der Waals surface area contributed by atoms with E-state index in [9.17, 15) is 4.79 Å². The number of carbonyl (C=O) groups is 1. The summed E-state index contributed by atoms with van der Waals surface area (Å²) < 4.78 is 5.36. The second-order valence-electron chi connectivity index (χ2n) is 4.82. The van der Waals surface area contributed by atoms with Gasteiger partial charge in [-0.3, -0.25) is 9.69 Å². The van der Waals surface area contributed by atoms with Crippen molar-refractivity contribution < 1.29 is 9.53 Å². The fraction of sp³-hybridized carbons (Fsp3) is 0.500. The maximum Gasteiger partial charge on any atom is 0.248 e. The number of carbonyl (C=O) groups excluding carboxylic acids is 1. The molecule has 4 heteroatoms. The minimum atomic E-state index is -0.376. The lowest BCUT2D eigenvalue weighted by atomic mass is 10.1. The van der Waals surface area contributed by atoms with E-state index in [0.717, 1.165) is 32.6 Å². The zero-order valence-electron chi connectivity index (χ0n) is 10.8. The van der Waals surface area contributed by atoms with Gasteiger partial charge >= 0.3 is 0 Å². The van der Waals surface area contributed by atoms with Crippen LogP contribution in [0.4, 0.5) is 0 Å². The minimum Gasteiger partial charge on any atom is -0.381 e. The summed E-state index contributed by atoms with van der Waals surface area (Å²) >= 11 is 0. The van der Waals surface area contributed by atoms with E-state index in [1.807, 2.05) is 12.1 Å². The number of hydrogen-bond acceptors (Lipinski definition) is 3. The Labute approximate surface area is 108 Å². The Kier molecular flexibility index (Phi) is 4.33. The third-order valence-corrected chi connectivity index (χ3v) is 3.48. The molecule has 1 aromatic rings. The zero-order valence-corrected chi connectivity index (χ0v) is 10.8. The van der Waals surface area contributed by atoms with Gasteiger partial charge in [0.25, 0.3) is 0 Å². The van der Waals surface area contributed by atoms with Gasteiger partial charge in [0.15, 0.2) is 0 Å². The first-order chi connectivity index (χ1) is 8.66. The highest BCUT2D eigenvalue weighted by Gasteiger charge is 2.18. The molecule has 0 saturated carbocycles. The van der Waals surface area contributed by atoms with Crippen molar-refractivity contribution in [2.24, 2.45) is 5.73 Å². The molecule has 0 spiro atoms. The maximum atomic E-state index is 11.0. The van der Waals surface area contributed by atoms with Crippen molar-refractivity contribution in [2.75, 3.05) is 20.3 Å². The van der Waals surface area contributed by atoms with E-state index in [-0.39, 0.29) is 5.91 Å². The van der Waals surface area contributed by atoms with Gasteiger partial charge in [0.1, 0.15) is 0 Å². The number of hydrogen-bond donors (Lipinski definition) is 1. The fourth-order valence-corrected chi connectivity index (χ4v) is 2.32. The van der Waals surface area contributed by atoms with Crippen molar-refractivity contribution in [3.8, 4) is 0 Å². The predicted molar refractivity (Wildman–Crippen MR) is 70.3 cm³/mol. The van der Waals surface area contributed by atoms with Crippen LogP contribution in [0.3, 0.4) is 0 Å². The first-order valence-electron chi connectivity index (χ1n) is 6.33. The Hall–Kier alpha value is -1.39. The van der Waals surface area contributed by atoms with Gasteiger partial charge < -0.3 is 10.5 Å². The van der Waals surface area contributed by atoms with Crippen molar-refractivity contribution in [1.82, 2.24) is 4.90 Å². The van der Waals surface area contributed by atoms with Crippen LogP contribution in [0.1, 0.15) is 28.8 Å². The average Bonchev–Trinajstić information content (AvgIpc) is 2.40.